The lowest BCUT2D eigenvalue weighted by Crippen LogP contribution is -2.42. The minimum Gasteiger partial charge on any atom is -0.497 e. The van der Waals surface area contributed by atoms with Crippen LogP contribution in [-0.2, 0) is 4.79 Å². The number of aryl methyl sites for hydroxylation is 1. The monoisotopic (exact) mass is 414 g/mol. The fourth-order valence-corrected chi connectivity index (χ4v) is 3.61. The molecule has 31 heavy (non-hydrogen) atoms. The third-order valence-electron chi connectivity index (χ3n) is 5.28. The lowest BCUT2D eigenvalue weighted by molar-refractivity contribution is -0.596. The maximum atomic E-state index is 12.9. The maximum Gasteiger partial charge on any atom is 0.304 e. The summed E-state index contributed by atoms with van der Waals surface area (Å²) in [5.41, 5.74) is 6.35. The molecule has 0 radical (unpaired) electrons. The average Bonchev–Trinajstić information content (AvgIpc) is 3.10. The SMILES string of the molecule is COc1ccc(/C=[N+]2\NC(=O)[C@@H](NC(=O)c3ccccc3)[C@@H]2c2ccc(C)cc2)cc1. The molecule has 3 aromatic carbocycles. The molecule has 2 amide bonds. The Balaban J connectivity index is 1.69. The molecule has 0 bridgehead atoms. The Morgan fingerprint density at radius 1 is 1.00 bits per heavy atom. The van der Waals surface area contributed by atoms with E-state index in [4.69, 9.17) is 4.74 Å². The summed E-state index contributed by atoms with van der Waals surface area (Å²) in [5.74, 6) is 0.203. The van der Waals surface area contributed by atoms with Crippen molar-refractivity contribution < 1.29 is 19.0 Å². The molecule has 1 fully saturated rings. The number of benzene rings is 3. The summed E-state index contributed by atoms with van der Waals surface area (Å²) in [4.78, 5) is 25.7. The van der Waals surface area contributed by atoms with Crippen LogP contribution in [0.3, 0.4) is 0 Å². The number of hydrogen-bond acceptors (Lipinski definition) is 3. The Kier molecular flexibility index (Phi) is 5.80. The van der Waals surface area contributed by atoms with Crippen molar-refractivity contribution in [3.05, 3.63) is 101 Å². The van der Waals surface area contributed by atoms with Crippen LogP contribution in [0.4, 0.5) is 0 Å². The van der Waals surface area contributed by atoms with Crippen LogP contribution in [0.25, 0.3) is 0 Å². The Labute approximate surface area is 181 Å². The lowest BCUT2D eigenvalue weighted by Gasteiger charge is -2.15. The summed E-state index contributed by atoms with van der Waals surface area (Å²) in [6.45, 7) is 2.01. The van der Waals surface area contributed by atoms with Gasteiger partial charge in [0.2, 0.25) is 12.3 Å². The minimum atomic E-state index is -0.745. The number of hydrazine groups is 1. The molecular weight excluding hydrogens is 390 g/mol. The van der Waals surface area contributed by atoms with Crippen LogP contribution >= 0.6 is 0 Å². The van der Waals surface area contributed by atoms with E-state index in [9.17, 15) is 9.59 Å². The van der Waals surface area contributed by atoms with Crippen LogP contribution in [0, 0.1) is 6.92 Å². The molecule has 0 spiro atoms. The molecule has 156 valence electrons. The van der Waals surface area contributed by atoms with Gasteiger partial charge in [0.05, 0.1) is 7.11 Å². The third-order valence-corrected chi connectivity index (χ3v) is 5.28. The fraction of sp³-hybridized carbons (Fsp3) is 0.160. The quantitative estimate of drug-likeness (QED) is 0.631. The van der Waals surface area contributed by atoms with E-state index in [1.807, 2.05) is 67.7 Å². The van der Waals surface area contributed by atoms with Gasteiger partial charge in [0, 0.05) is 16.7 Å². The molecular formula is C25H24N3O3+. The van der Waals surface area contributed by atoms with Crippen LogP contribution in [0.2, 0.25) is 0 Å². The second-order valence-corrected chi connectivity index (χ2v) is 7.46. The summed E-state index contributed by atoms with van der Waals surface area (Å²) in [6.07, 6.45) is 1.86. The number of hydrazone groups is 1. The van der Waals surface area contributed by atoms with E-state index in [0.29, 0.717) is 5.56 Å². The molecule has 6 nitrogen and oxygen atoms in total. The lowest BCUT2D eigenvalue weighted by atomic mass is 9.98. The Morgan fingerprint density at radius 2 is 1.68 bits per heavy atom. The van der Waals surface area contributed by atoms with Crippen molar-refractivity contribution in [3.63, 3.8) is 0 Å². The molecule has 2 N–H and O–H groups in total. The zero-order valence-corrected chi connectivity index (χ0v) is 17.4. The molecule has 1 heterocycles. The second-order valence-electron chi connectivity index (χ2n) is 7.46. The fourth-order valence-electron chi connectivity index (χ4n) is 3.61. The van der Waals surface area contributed by atoms with Crippen LogP contribution < -0.4 is 15.5 Å². The predicted octanol–water partition coefficient (Wildman–Crippen LogP) is 3.02. The van der Waals surface area contributed by atoms with E-state index in [0.717, 1.165) is 22.4 Å². The van der Waals surface area contributed by atoms with E-state index >= 15 is 0 Å². The molecule has 1 aliphatic heterocycles. The number of ether oxygens (including phenoxy) is 1. The largest absolute Gasteiger partial charge is 0.497 e. The summed E-state index contributed by atoms with van der Waals surface area (Å²) in [7, 11) is 1.62. The standard InChI is InChI=1S/C25H23N3O3/c1-17-8-12-19(13-9-17)23-22(26-24(29)20-6-4-3-5-7-20)25(30)27-28(23)16-18-10-14-21(31-2)15-11-18/h3-16,22-23H,1-2H3,(H-,26,27,29,30)/p+1/b28-16-/t22-,23-/m0/s1. The predicted molar refractivity (Wildman–Crippen MR) is 118 cm³/mol. The van der Waals surface area contributed by atoms with Gasteiger partial charge in [0.1, 0.15) is 5.75 Å². The maximum absolute atomic E-state index is 12.9. The number of nitrogens with one attached hydrogen (secondary N) is 2. The summed E-state index contributed by atoms with van der Waals surface area (Å²) in [5, 5.41) is 2.91. The molecule has 3 aromatic rings. The molecule has 2 atom stereocenters. The smallest absolute Gasteiger partial charge is 0.304 e. The van der Waals surface area contributed by atoms with Gasteiger partial charge < -0.3 is 10.1 Å². The molecule has 0 aromatic heterocycles. The molecule has 6 heteroatoms. The zero-order chi connectivity index (χ0) is 21.8. The van der Waals surface area contributed by atoms with Gasteiger partial charge in [-0.15, -0.1) is 10.1 Å². The number of amides is 2. The van der Waals surface area contributed by atoms with E-state index in [1.165, 1.54) is 0 Å². The highest BCUT2D eigenvalue weighted by molar-refractivity contribution is 5.98. The second kappa shape index (κ2) is 8.83. The van der Waals surface area contributed by atoms with Gasteiger partial charge in [-0.2, -0.15) is 0 Å². The van der Waals surface area contributed by atoms with Crippen molar-refractivity contribution in [2.45, 2.75) is 19.0 Å². The highest BCUT2D eigenvalue weighted by Crippen LogP contribution is 2.26. The number of nitrogens with zero attached hydrogens (tertiary/aromatic N) is 1. The van der Waals surface area contributed by atoms with Gasteiger partial charge in [-0.25, -0.2) is 0 Å². The summed E-state index contributed by atoms with van der Waals surface area (Å²) < 4.78 is 6.97. The number of carbonyl (C=O) groups is 2. The summed E-state index contributed by atoms with van der Waals surface area (Å²) >= 11 is 0. The Hall–Kier alpha value is -3.93. The van der Waals surface area contributed by atoms with Crippen molar-refractivity contribution >= 4 is 18.0 Å². The van der Waals surface area contributed by atoms with Crippen LogP contribution in [0.1, 0.15) is 33.1 Å². The summed E-state index contributed by atoms with van der Waals surface area (Å²) in [6, 6.07) is 23.3. The van der Waals surface area contributed by atoms with Crippen molar-refractivity contribution in [1.82, 2.24) is 10.7 Å². The van der Waals surface area contributed by atoms with E-state index < -0.39 is 12.1 Å². The average molecular weight is 414 g/mol. The van der Waals surface area contributed by atoms with Crippen LogP contribution in [-0.4, -0.2) is 35.9 Å². The third kappa shape index (κ3) is 4.48. The van der Waals surface area contributed by atoms with Crippen LogP contribution in [0.15, 0.2) is 78.9 Å². The number of methoxy groups -OCH3 is 1. The Morgan fingerprint density at radius 3 is 2.32 bits per heavy atom. The highest BCUT2D eigenvalue weighted by Gasteiger charge is 2.47. The number of carbonyl (C=O) groups excluding carboxylic acids is 2. The highest BCUT2D eigenvalue weighted by atomic mass is 16.5. The van der Waals surface area contributed by atoms with E-state index in [2.05, 4.69) is 10.7 Å². The van der Waals surface area contributed by atoms with Gasteiger partial charge in [-0.05, 0) is 43.3 Å². The van der Waals surface area contributed by atoms with Gasteiger partial charge >= 0.3 is 5.91 Å². The first-order valence-electron chi connectivity index (χ1n) is 10.1. The van der Waals surface area contributed by atoms with Crippen molar-refractivity contribution in [2.75, 3.05) is 7.11 Å². The first kappa shape index (κ1) is 20.3. The zero-order valence-electron chi connectivity index (χ0n) is 17.4. The molecule has 0 unspecified atom stereocenters. The van der Waals surface area contributed by atoms with Gasteiger partial charge in [0.15, 0.2) is 6.04 Å². The molecule has 1 aliphatic rings. The number of rotatable bonds is 5. The molecule has 0 saturated carbocycles. The van der Waals surface area contributed by atoms with E-state index in [1.54, 1.807) is 36.1 Å². The van der Waals surface area contributed by atoms with Crippen molar-refractivity contribution in [3.8, 4) is 5.75 Å². The molecule has 0 aliphatic carbocycles. The van der Waals surface area contributed by atoms with Gasteiger partial charge in [0.25, 0.3) is 5.91 Å². The van der Waals surface area contributed by atoms with Crippen molar-refractivity contribution in [2.24, 2.45) is 0 Å². The van der Waals surface area contributed by atoms with Gasteiger partial charge in [-0.3, -0.25) is 9.59 Å². The normalized spacial score (nSPS) is 19.2. The number of hydrogen-bond donors (Lipinski definition) is 2. The van der Waals surface area contributed by atoms with Crippen molar-refractivity contribution in [1.29, 1.82) is 0 Å². The van der Waals surface area contributed by atoms with Crippen LogP contribution in [0.5, 0.6) is 5.75 Å². The topological polar surface area (TPSA) is 70.4 Å². The first-order valence-corrected chi connectivity index (χ1v) is 10.1. The molecule has 1 saturated heterocycles. The van der Waals surface area contributed by atoms with Gasteiger partial charge in [-0.1, -0.05) is 48.0 Å². The van der Waals surface area contributed by atoms with E-state index in [-0.39, 0.29) is 11.8 Å². The first-order chi connectivity index (χ1) is 15.0. The minimum absolute atomic E-state index is 0.264. The molecule has 4 rings (SSSR count). The Bertz CT molecular complexity index is 1110.